The van der Waals surface area contributed by atoms with Gasteiger partial charge in [0, 0.05) is 16.8 Å². The molecular formula is C31H26N2O4. The number of nitrogens with zero attached hydrogens (tertiary/aromatic N) is 1. The summed E-state index contributed by atoms with van der Waals surface area (Å²) in [5, 5.41) is 2.95. The number of hydrogen-bond donors (Lipinski definition) is 1. The average molecular weight is 491 g/mol. The SMILES string of the molecule is CCOc1ccc(-c2cnc(-c3ccccc3C(=O)Nc3ccc(OCc4ccccc4)cc3)o2)cc1. The average Bonchev–Trinajstić information content (AvgIpc) is 3.44. The molecule has 4 aromatic carbocycles. The fourth-order valence-electron chi connectivity index (χ4n) is 3.86. The molecule has 1 heterocycles. The van der Waals surface area contributed by atoms with Crippen LogP contribution in [0.1, 0.15) is 22.8 Å². The normalized spacial score (nSPS) is 10.6. The number of hydrogen-bond acceptors (Lipinski definition) is 5. The van der Waals surface area contributed by atoms with Gasteiger partial charge in [-0.05, 0) is 73.2 Å². The van der Waals surface area contributed by atoms with Crippen molar-refractivity contribution in [2.75, 3.05) is 11.9 Å². The molecule has 5 aromatic rings. The van der Waals surface area contributed by atoms with E-state index in [0.29, 0.717) is 41.7 Å². The molecule has 0 radical (unpaired) electrons. The molecule has 0 spiro atoms. The van der Waals surface area contributed by atoms with Crippen molar-refractivity contribution in [1.29, 1.82) is 0 Å². The largest absolute Gasteiger partial charge is 0.494 e. The number of amides is 1. The van der Waals surface area contributed by atoms with E-state index in [1.807, 2.05) is 104 Å². The smallest absolute Gasteiger partial charge is 0.256 e. The number of nitrogens with one attached hydrogen (secondary N) is 1. The lowest BCUT2D eigenvalue weighted by molar-refractivity contribution is 0.102. The van der Waals surface area contributed by atoms with Crippen LogP contribution in [0.5, 0.6) is 11.5 Å². The Morgan fingerprint density at radius 3 is 2.24 bits per heavy atom. The van der Waals surface area contributed by atoms with Gasteiger partial charge in [-0.15, -0.1) is 0 Å². The van der Waals surface area contributed by atoms with Crippen LogP contribution in [0.15, 0.2) is 114 Å². The molecule has 1 N–H and O–H groups in total. The van der Waals surface area contributed by atoms with Crippen LogP contribution >= 0.6 is 0 Å². The lowest BCUT2D eigenvalue weighted by Gasteiger charge is -2.10. The molecular weight excluding hydrogens is 464 g/mol. The third kappa shape index (κ3) is 5.87. The monoisotopic (exact) mass is 490 g/mol. The lowest BCUT2D eigenvalue weighted by Crippen LogP contribution is -2.13. The van der Waals surface area contributed by atoms with Crippen molar-refractivity contribution < 1.29 is 18.7 Å². The van der Waals surface area contributed by atoms with E-state index in [9.17, 15) is 4.79 Å². The van der Waals surface area contributed by atoms with E-state index in [-0.39, 0.29) is 5.91 Å². The van der Waals surface area contributed by atoms with E-state index in [0.717, 1.165) is 22.6 Å². The van der Waals surface area contributed by atoms with E-state index in [4.69, 9.17) is 13.9 Å². The fraction of sp³-hybridized carbons (Fsp3) is 0.0968. The van der Waals surface area contributed by atoms with Crippen molar-refractivity contribution in [2.24, 2.45) is 0 Å². The molecule has 0 saturated heterocycles. The van der Waals surface area contributed by atoms with Crippen LogP contribution in [0.2, 0.25) is 0 Å². The number of carbonyl (C=O) groups is 1. The molecule has 6 nitrogen and oxygen atoms in total. The van der Waals surface area contributed by atoms with Gasteiger partial charge in [0.2, 0.25) is 5.89 Å². The zero-order chi connectivity index (χ0) is 25.5. The number of ether oxygens (including phenoxy) is 2. The summed E-state index contributed by atoms with van der Waals surface area (Å²) in [5.74, 6) is 2.25. The third-order valence-corrected chi connectivity index (χ3v) is 5.72. The minimum Gasteiger partial charge on any atom is -0.494 e. The lowest BCUT2D eigenvalue weighted by atomic mass is 10.1. The number of oxazole rings is 1. The van der Waals surface area contributed by atoms with Crippen LogP contribution in [0.3, 0.4) is 0 Å². The first-order valence-electron chi connectivity index (χ1n) is 12.1. The van der Waals surface area contributed by atoms with Crippen LogP contribution in [0, 0.1) is 0 Å². The number of benzene rings is 4. The summed E-state index contributed by atoms with van der Waals surface area (Å²) in [6.07, 6.45) is 1.66. The summed E-state index contributed by atoms with van der Waals surface area (Å²) in [7, 11) is 0. The highest BCUT2D eigenvalue weighted by Gasteiger charge is 2.17. The third-order valence-electron chi connectivity index (χ3n) is 5.72. The second kappa shape index (κ2) is 11.3. The number of anilines is 1. The second-order valence-corrected chi connectivity index (χ2v) is 8.29. The van der Waals surface area contributed by atoms with Gasteiger partial charge in [-0.2, -0.15) is 0 Å². The first kappa shape index (κ1) is 23.9. The molecule has 0 aliphatic carbocycles. The predicted molar refractivity (Wildman–Crippen MR) is 144 cm³/mol. The van der Waals surface area contributed by atoms with Crippen molar-refractivity contribution in [3.05, 3.63) is 120 Å². The molecule has 0 bridgehead atoms. The van der Waals surface area contributed by atoms with Crippen molar-refractivity contribution in [3.8, 4) is 34.3 Å². The van der Waals surface area contributed by atoms with E-state index >= 15 is 0 Å². The van der Waals surface area contributed by atoms with E-state index in [1.54, 1.807) is 12.3 Å². The van der Waals surface area contributed by atoms with Crippen LogP contribution < -0.4 is 14.8 Å². The van der Waals surface area contributed by atoms with E-state index in [2.05, 4.69) is 10.3 Å². The number of rotatable bonds is 9. The Bertz CT molecular complexity index is 1460. The van der Waals surface area contributed by atoms with Crippen molar-refractivity contribution in [2.45, 2.75) is 13.5 Å². The summed E-state index contributed by atoms with van der Waals surface area (Å²) >= 11 is 0. The van der Waals surface area contributed by atoms with Gasteiger partial charge >= 0.3 is 0 Å². The number of aromatic nitrogens is 1. The van der Waals surface area contributed by atoms with Crippen LogP contribution in [-0.4, -0.2) is 17.5 Å². The molecule has 0 unspecified atom stereocenters. The highest BCUT2D eigenvalue weighted by atomic mass is 16.5. The quantitative estimate of drug-likeness (QED) is 0.236. The predicted octanol–water partition coefficient (Wildman–Crippen LogP) is 7.24. The van der Waals surface area contributed by atoms with Crippen molar-refractivity contribution in [3.63, 3.8) is 0 Å². The molecule has 6 heteroatoms. The topological polar surface area (TPSA) is 73.6 Å². The Morgan fingerprint density at radius 1 is 0.811 bits per heavy atom. The van der Waals surface area contributed by atoms with Gasteiger partial charge in [0.15, 0.2) is 5.76 Å². The van der Waals surface area contributed by atoms with Gasteiger partial charge in [0.25, 0.3) is 5.91 Å². The molecule has 0 fully saturated rings. The zero-order valence-corrected chi connectivity index (χ0v) is 20.4. The summed E-state index contributed by atoms with van der Waals surface area (Å²) in [6, 6.07) is 32.1. The summed E-state index contributed by atoms with van der Waals surface area (Å²) in [5.41, 5.74) is 3.70. The summed E-state index contributed by atoms with van der Waals surface area (Å²) < 4.78 is 17.4. The molecule has 0 aliphatic rings. The maximum absolute atomic E-state index is 13.2. The maximum atomic E-state index is 13.2. The second-order valence-electron chi connectivity index (χ2n) is 8.29. The van der Waals surface area contributed by atoms with Crippen LogP contribution in [0.4, 0.5) is 5.69 Å². The van der Waals surface area contributed by atoms with E-state index in [1.165, 1.54) is 0 Å². The molecule has 1 amide bonds. The van der Waals surface area contributed by atoms with Gasteiger partial charge in [-0.3, -0.25) is 4.79 Å². The minimum absolute atomic E-state index is 0.255. The summed E-state index contributed by atoms with van der Waals surface area (Å²) in [6.45, 7) is 3.03. The first-order chi connectivity index (χ1) is 18.2. The summed E-state index contributed by atoms with van der Waals surface area (Å²) in [4.78, 5) is 17.6. The van der Waals surface area contributed by atoms with Gasteiger partial charge in [0.05, 0.1) is 18.4 Å². The molecule has 0 atom stereocenters. The standard InChI is InChI=1S/C31H26N2O4/c1-2-35-25-16-12-23(13-17-25)29-20-32-31(37-29)28-11-7-6-10-27(28)30(34)33-24-14-18-26(19-15-24)36-21-22-8-4-3-5-9-22/h3-20H,2,21H2,1H3,(H,33,34). The Labute approximate surface area is 215 Å². The van der Waals surface area contributed by atoms with E-state index < -0.39 is 0 Å². The zero-order valence-electron chi connectivity index (χ0n) is 20.4. The van der Waals surface area contributed by atoms with Crippen molar-refractivity contribution >= 4 is 11.6 Å². The molecule has 0 saturated carbocycles. The molecule has 0 aliphatic heterocycles. The highest BCUT2D eigenvalue weighted by molar-refractivity contribution is 6.08. The molecule has 184 valence electrons. The molecule has 37 heavy (non-hydrogen) atoms. The molecule has 1 aromatic heterocycles. The van der Waals surface area contributed by atoms with Crippen molar-refractivity contribution in [1.82, 2.24) is 4.98 Å². The maximum Gasteiger partial charge on any atom is 0.256 e. The Hall–Kier alpha value is -4.84. The fourth-order valence-corrected chi connectivity index (χ4v) is 3.86. The van der Waals surface area contributed by atoms with Gasteiger partial charge in [-0.1, -0.05) is 42.5 Å². The van der Waals surface area contributed by atoms with Gasteiger partial charge in [-0.25, -0.2) is 4.98 Å². The van der Waals surface area contributed by atoms with Crippen LogP contribution in [-0.2, 0) is 6.61 Å². The van der Waals surface area contributed by atoms with Gasteiger partial charge < -0.3 is 19.2 Å². The minimum atomic E-state index is -0.255. The molecule has 5 rings (SSSR count). The first-order valence-corrected chi connectivity index (χ1v) is 12.1. The number of carbonyl (C=O) groups excluding carboxylic acids is 1. The van der Waals surface area contributed by atoms with Crippen LogP contribution in [0.25, 0.3) is 22.8 Å². The highest BCUT2D eigenvalue weighted by Crippen LogP contribution is 2.30. The Balaban J connectivity index is 1.28. The Kier molecular flexibility index (Phi) is 7.27. The Morgan fingerprint density at radius 2 is 1.49 bits per heavy atom. The van der Waals surface area contributed by atoms with Gasteiger partial charge in [0.1, 0.15) is 18.1 Å².